The second-order valence-corrected chi connectivity index (χ2v) is 4.70. The number of hydrogen-bond acceptors (Lipinski definition) is 3. The maximum atomic E-state index is 9.19. The summed E-state index contributed by atoms with van der Waals surface area (Å²) in [4.78, 5) is 0. The SMILES string of the molecule is CCOc1cccc(CNCC2CC(O)C2)c1. The molecular formula is C14H21NO2. The number of ether oxygens (including phenoxy) is 1. The topological polar surface area (TPSA) is 41.5 Å². The predicted molar refractivity (Wildman–Crippen MR) is 68.0 cm³/mol. The highest BCUT2D eigenvalue weighted by Crippen LogP contribution is 2.26. The predicted octanol–water partition coefficient (Wildman–Crippen LogP) is 1.95. The molecule has 1 aromatic carbocycles. The van der Waals surface area contributed by atoms with Gasteiger partial charge in [-0.15, -0.1) is 0 Å². The third-order valence-corrected chi connectivity index (χ3v) is 3.18. The number of aliphatic hydroxyl groups excluding tert-OH is 1. The summed E-state index contributed by atoms with van der Waals surface area (Å²) in [5, 5.41) is 12.6. The molecule has 0 unspecified atom stereocenters. The van der Waals surface area contributed by atoms with Crippen LogP contribution in [-0.4, -0.2) is 24.4 Å². The summed E-state index contributed by atoms with van der Waals surface area (Å²) in [6, 6.07) is 8.18. The van der Waals surface area contributed by atoms with E-state index in [-0.39, 0.29) is 6.10 Å². The minimum atomic E-state index is -0.0527. The van der Waals surface area contributed by atoms with Crippen LogP contribution in [0.25, 0.3) is 0 Å². The largest absolute Gasteiger partial charge is 0.494 e. The molecule has 0 amide bonds. The van der Waals surface area contributed by atoms with Gasteiger partial charge in [-0.3, -0.25) is 0 Å². The summed E-state index contributed by atoms with van der Waals surface area (Å²) in [5.74, 6) is 1.59. The number of nitrogens with one attached hydrogen (secondary N) is 1. The van der Waals surface area contributed by atoms with Gasteiger partial charge in [0.15, 0.2) is 0 Å². The third kappa shape index (κ3) is 3.72. The van der Waals surface area contributed by atoms with Crippen molar-refractivity contribution in [1.29, 1.82) is 0 Å². The minimum absolute atomic E-state index is 0.0527. The molecule has 1 fully saturated rings. The Morgan fingerprint density at radius 3 is 2.94 bits per heavy atom. The van der Waals surface area contributed by atoms with E-state index in [1.807, 2.05) is 19.1 Å². The van der Waals surface area contributed by atoms with Crippen LogP contribution in [0.4, 0.5) is 0 Å². The van der Waals surface area contributed by atoms with Crippen LogP contribution in [0.15, 0.2) is 24.3 Å². The van der Waals surface area contributed by atoms with Crippen molar-refractivity contribution in [1.82, 2.24) is 5.32 Å². The highest BCUT2D eigenvalue weighted by Gasteiger charge is 2.26. The lowest BCUT2D eigenvalue weighted by Crippen LogP contribution is -2.35. The normalized spacial score (nSPS) is 23.2. The van der Waals surface area contributed by atoms with Crippen molar-refractivity contribution in [2.75, 3.05) is 13.2 Å². The molecule has 0 aliphatic heterocycles. The van der Waals surface area contributed by atoms with Gasteiger partial charge >= 0.3 is 0 Å². The van der Waals surface area contributed by atoms with Crippen molar-refractivity contribution in [2.45, 2.75) is 32.4 Å². The van der Waals surface area contributed by atoms with E-state index >= 15 is 0 Å². The van der Waals surface area contributed by atoms with Gasteiger partial charge in [-0.25, -0.2) is 0 Å². The van der Waals surface area contributed by atoms with E-state index < -0.39 is 0 Å². The van der Waals surface area contributed by atoms with Crippen molar-refractivity contribution in [3.8, 4) is 5.75 Å². The Morgan fingerprint density at radius 1 is 1.41 bits per heavy atom. The summed E-state index contributed by atoms with van der Waals surface area (Å²) in [6.45, 7) is 4.56. The second-order valence-electron chi connectivity index (χ2n) is 4.70. The molecule has 2 rings (SSSR count). The number of benzene rings is 1. The van der Waals surface area contributed by atoms with Crippen molar-refractivity contribution >= 4 is 0 Å². The molecule has 0 heterocycles. The fourth-order valence-corrected chi connectivity index (χ4v) is 2.20. The molecule has 1 aromatic rings. The first-order valence-corrected chi connectivity index (χ1v) is 6.38. The van der Waals surface area contributed by atoms with E-state index in [9.17, 15) is 5.11 Å². The first-order valence-electron chi connectivity index (χ1n) is 6.38. The highest BCUT2D eigenvalue weighted by molar-refractivity contribution is 5.28. The van der Waals surface area contributed by atoms with Crippen molar-refractivity contribution in [3.05, 3.63) is 29.8 Å². The maximum absolute atomic E-state index is 9.19. The van der Waals surface area contributed by atoms with Gasteiger partial charge in [0.1, 0.15) is 5.75 Å². The molecule has 0 radical (unpaired) electrons. The van der Waals surface area contributed by atoms with Gasteiger partial charge in [0.2, 0.25) is 0 Å². The average Bonchev–Trinajstić information content (AvgIpc) is 2.28. The van der Waals surface area contributed by atoms with E-state index in [0.29, 0.717) is 12.5 Å². The molecule has 3 nitrogen and oxygen atoms in total. The third-order valence-electron chi connectivity index (χ3n) is 3.18. The zero-order chi connectivity index (χ0) is 12.1. The lowest BCUT2D eigenvalue weighted by Gasteiger charge is -2.31. The van der Waals surface area contributed by atoms with Crippen LogP contribution >= 0.6 is 0 Å². The van der Waals surface area contributed by atoms with Crippen LogP contribution in [0.5, 0.6) is 5.75 Å². The molecule has 0 aromatic heterocycles. The van der Waals surface area contributed by atoms with Crippen molar-refractivity contribution < 1.29 is 9.84 Å². The zero-order valence-electron chi connectivity index (χ0n) is 10.4. The van der Waals surface area contributed by atoms with Gasteiger partial charge < -0.3 is 15.2 Å². The van der Waals surface area contributed by atoms with E-state index in [1.165, 1.54) is 5.56 Å². The Balaban J connectivity index is 1.72. The van der Waals surface area contributed by atoms with Gasteiger partial charge in [-0.05, 0) is 49.9 Å². The van der Waals surface area contributed by atoms with Crippen LogP contribution in [0.1, 0.15) is 25.3 Å². The molecule has 1 saturated carbocycles. The fraction of sp³-hybridized carbons (Fsp3) is 0.571. The summed E-state index contributed by atoms with van der Waals surface area (Å²) >= 11 is 0. The van der Waals surface area contributed by atoms with Crippen LogP contribution in [0.2, 0.25) is 0 Å². The number of aliphatic hydroxyl groups is 1. The smallest absolute Gasteiger partial charge is 0.119 e. The molecule has 94 valence electrons. The summed E-state index contributed by atoms with van der Waals surface area (Å²) in [7, 11) is 0. The Kier molecular flexibility index (Phi) is 4.40. The van der Waals surface area contributed by atoms with E-state index in [4.69, 9.17) is 4.74 Å². The zero-order valence-corrected chi connectivity index (χ0v) is 10.4. The Labute approximate surface area is 103 Å². The molecule has 2 N–H and O–H groups in total. The van der Waals surface area contributed by atoms with Crippen LogP contribution in [0, 0.1) is 5.92 Å². The second kappa shape index (κ2) is 6.03. The monoisotopic (exact) mass is 235 g/mol. The molecular weight excluding hydrogens is 214 g/mol. The van der Waals surface area contributed by atoms with E-state index in [0.717, 1.165) is 31.7 Å². The molecule has 1 aliphatic carbocycles. The first-order chi connectivity index (χ1) is 8.28. The van der Waals surface area contributed by atoms with Crippen LogP contribution in [0.3, 0.4) is 0 Å². The number of rotatable bonds is 6. The van der Waals surface area contributed by atoms with E-state index in [2.05, 4.69) is 17.4 Å². The molecule has 1 aliphatic rings. The Morgan fingerprint density at radius 2 is 2.24 bits per heavy atom. The fourth-order valence-electron chi connectivity index (χ4n) is 2.20. The van der Waals surface area contributed by atoms with Crippen LogP contribution < -0.4 is 10.1 Å². The highest BCUT2D eigenvalue weighted by atomic mass is 16.5. The van der Waals surface area contributed by atoms with E-state index in [1.54, 1.807) is 0 Å². The average molecular weight is 235 g/mol. The minimum Gasteiger partial charge on any atom is -0.494 e. The van der Waals surface area contributed by atoms with Crippen molar-refractivity contribution in [2.24, 2.45) is 5.92 Å². The van der Waals surface area contributed by atoms with Gasteiger partial charge in [-0.2, -0.15) is 0 Å². The molecule has 0 bridgehead atoms. The van der Waals surface area contributed by atoms with Crippen molar-refractivity contribution in [3.63, 3.8) is 0 Å². The molecule has 17 heavy (non-hydrogen) atoms. The van der Waals surface area contributed by atoms with Gasteiger partial charge in [0, 0.05) is 6.54 Å². The quantitative estimate of drug-likeness (QED) is 0.792. The van der Waals surface area contributed by atoms with Gasteiger partial charge in [0.25, 0.3) is 0 Å². The molecule has 0 spiro atoms. The van der Waals surface area contributed by atoms with Gasteiger partial charge in [-0.1, -0.05) is 12.1 Å². The molecule has 0 atom stereocenters. The standard InChI is InChI=1S/C14H21NO2/c1-2-17-14-5-3-4-11(8-14)9-15-10-12-6-13(16)7-12/h3-5,8,12-13,15-16H,2,6-7,9-10H2,1H3. The summed E-state index contributed by atoms with van der Waals surface area (Å²) < 4.78 is 5.46. The first kappa shape index (κ1) is 12.4. The summed E-state index contributed by atoms with van der Waals surface area (Å²) in [6.07, 6.45) is 1.85. The lowest BCUT2D eigenvalue weighted by atomic mass is 9.82. The molecule has 3 heteroatoms. The summed E-state index contributed by atoms with van der Waals surface area (Å²) in [5.41, 5.74) is 1.25. The Hall–Kier alpha value is -1.06. The lowest BCUT2D eigenvalue weighted by molar-refractivity contribution is 0.0430. The van der Waals surface area contributed by atoms with Gasteiger partial charge in [0.05, 0.1) is 12.7 Å². The Bertz CT molecular complexity index is 348. The molecule has 0 saturated heterocycles. The van der Waals surface area contributed by atoms with Crippen LogP contribution in [-0.2, 0) is 6.54 Å². The maximum Gasteiger partial charge on any atom is 0.119 e. The number of hydrogen-bond donors (Lipinski definition) is 2.